The SMILES string of the molecule is O=C1CCC(N2Cc3cc(N4CCN(CCCOc5ccc([C@@H]6c7ccc(O)cc7OC[C@@H]6c6ccccc6)cc5)CC4)ccc3C2=O)C(=O)N1. The second kappa shape index (κ2) is 14.1. The smallest absolute Gasteiger partial charge is 0.255 e. The number of ether oxygens (including phenoxy) is 2. The van der Waals surface area contributed by atoms with Crippen molar-refractivity contribution >= 4 is 23.4 Å². The first-order valence-electron chi connectivity index (χ1n) is 17.9. The van der Waals surface area contributed by atoms with Crippen LogP contribution in [-0.2, 0) is 16.1 Å². The molecule has 1 unspecified atom stereocenters. The Balaban J connectivity index is 0.823. The molecule has 4 aliphatic rings. The molecule has 0 bridgehead atoms. The number of hydrogen-bond donors (Lipinski definition) is 2. The third-order valence-electron chi connectivity index (χ3n) is 10.8. The summed E-state index contributed by atoms with van der Waals surface area (Å²) in [6.45, 7) is 6.19. The van der Waals surface area contributed by atoms with Crippen molar-refractivity contribution in [3.63, 3.8) is 0 Å². The summed E-state index contributed by atoms with van der Waals surface area (Å²) in [5.41, 5.74) is 6.15. The Bertz CT molecular complexity index is 1920. The van der Waals surface area contributed by atoms with Gasteiger partial charge < -0.3 is 24.4 Å². The summed E-state index contributed by atoms with van der Waals surface area (Å²) in [6.07, 6.45) is 1.54. The molecular formula is C41H42N4O6. The molecule has 2 N–H and O–H groups in total. The van der Waals surface area contributed by atoms with Crippen LogP contribution in [0.3, 0.4) is 0 Å². The first-order chi connectivity index (χ1) is 24.9. The van der Waals surface area contributed by atoms with Gasteiger partial charge in [0.15, 0.2) is 0 Å². The lowest BCUT2D eigenvalue weighted by Crippen LogP contribution is -2.52. The van der Waals surface area contributed by atoms with Crippen LogP contribution < -0.4 is 19.7 Å². The highest BCUT2D eigenvalue weighted by Crippen LogP contribution is 2.47. The number of piperazine rings is 1. The lowest BCUT2D eigenvalue weighted by molar-refractivity contribution is -0.136. The maximum absolute atomic E-state index is 13.1. The van der Waals surface area contributed by atoms with E-state index in [1.807, 2.05) is 24.3 Å². The fourth-order valence-electron chi connectivity index (χ4n) is 8.04. The molecule has 262 valence electrons. The molecule has 4 aromatic rings. The Kier molecular flexibility index (Phi) is 9.08. The summed E-state index contributed by atoms with van der Waals surface area (Å²) in [7, 11) is 0. The molecule has 0 aliphatic carbocycles. The van der Waals surface area contributed by atoms with Crippen LogP contribution in [0.25, 0.3) is 0 Å². The van der Waals surface area contributed by atoms with Gasteiger partial charge in [-0.3, -0.25) is 24.6 Å². The van der Waals surface area contributed by atoms with Crippen LogP contribution in [0.5, 0.6) is 17.2 Å². The number of phenolic OH excluding ortho intramolecular Hbond substituents is 1. The molecule has 3 amide bonds. The van der Waals surface area contributed by atoms with Gasteiger partial charge in [0, 0.05) is 80.4 Å². The molecule has 51 heavy (non-hydrogen) atoms. The van der Waals surface area contributed by atoms with Crippen molar-refractivity contribution < 1.29 is 29.0 Å². The summed E-state index contributed by atoms with van der Waals surface area (Å²) in [6, 6.07) is 29.7. The van der Waals surface area contributed by atoms with Crippen LogP contribution >= 0.6 is 0 Å². The average molecular weight is 687 g/mol. The lowest BCUT2D eigenvalue weighted by atomic mass is 9.76. The van der Waals surface area contributed by atoms with E-state index >= 15 is 0 Å². The number of amides is 3. The highest BCUT2D eigenvalue weighted by Gasteiger charge is 2.39. The number of rotatable bonds is 9. The van der Waals surface area contributed by atoms with E-state index in [2.05, 4.69) is 69.7 Å². The van der Waals surface area contributed by atoms with Gasteiger partial charge in [0.1, 0.15) is 23.3 Å². The first-order valence-corrected chi connectivity index (χ1v) is 17.9. The molecular weight excluding hydrogens is 644 g/mol. The molecule has 10 heteroatoms. The molecule has 0 aromatic heterocycles. The van der Waals surface area contributed by atoms with E-state index in [1.165, 1.54) is 11.1 Å². The van der Waals surface area contributed by atoms with E-state index in [9.17, 15) is 19.5 Å². The molecule has 0 radical (unpaired) electrons. The van der Waals surface area contributed by atoms with E-state index < -0.39 is 6.04 Å². The fourth-order valence-corrected chi connectivity index (χ4v) is 8.04. The standard InChI is InChI=1S/C41H42N4O6/c46-31-10-14-34-37(24-31)51-26-35(27-5-2-1-3-6-27)39(34)28-7-11-32(12-8-28)50-22-4-17-43-18-20-44(21-19-43)30-9-13-33-29(23-30)25-45(41(33)49)36-15-16-38(47)42-40(36)48/h1-3,5-14,23-24,35-36,39,46H,4,15-22,25-26H2,(H,42,47,48)/t35-,36?,39-/m1/s1. The third-order valence-corrected chi connectivity index (χ3v) is 10.8. The monoisotopic (exact) mass is 686 g/mol. The van der Waals surface area contributed by atoms with Crippen molar-refractivity contribution in [3.05, 3.63) is 119 Å². The second-order valence-corrected chi connectivity index (χ2v) is 13.9. The van der Waals surface area contributed by atoms with Gasteiger partial charge in [-0.2, -0.15) is 0 Å². The fraction of sp³-hybridized carbons (Fsp3) is 0.341. The number of hydrogen-bond acceptors (Lipinski definition) is 8. The van der Waals surface area contributed by atoms with Crippen molar-refractivity contribution in [2.75, 3.05) is 50.8 Å². The predicted octanol–water partition coefficient (Wildman–Crippen LogP) is 5.05. The van der Waals surface area contributed by atoms with Crippen LogP contribution in [-0.4, -0.2) is 84.6 Å². The lowest BCUT2D eigenvalue weighted by Gasteiger charge is -2.36. The van der Waals surface area contributed by atoms with Crippen LogP contribution in [0.15, 0.2) is 91.0 Å². The Morgan fingerprint density at radius 3 is 2.45 bits per heavy atom. The zero-order chi connectivity index (χ0) is 34.9. The predicted molar refractivity (Wildman–Crippen MR) is 192 cm³/mol. The normalized spacial score (nSPS) is 21.9. The van der Waals surface area contributed by atoms with E-state index in [-0.39, 0.29) is 41.7 Å². The van der Waals surface area contributed by atoms with Crippen LogP contribution in [0.4, 0.5) is 5.69 Å². The van der Waals surface area contributed by atoms with E-state index in [1.54, 1.807) is 17.0 Å². The first kappa shape index (κ1) is 32.8. The molecule has 2 saturated heterocycles. The average Bonchev–Trinajstić information content (AvgIpc) is 3.48. The molecule has 2 fully saturated rings. The highest BCUT2D eigenvalue weighted by atomic mass is 16.5. The van der Waals surface area contributed by atoms with Gasteiger partial charge in [-0.15, -0.1) is 0 Å². The number of carbonyl (C=O) groups excluding carboxylic acids is 3. The van der Waals surface area contributed by atoms with Crippen molar-refractivity contribution in [2.45, 2.75) is 43.7 Å². The highest BCUT2D eigenvalue weighted by molar-refractivity contribution is 6.05. The third kappa shape index (κ3) is 6.76. The van der Waals surface area contributed by atoms with Gasteiger partial charge in [0.25, 0.3) is 5.91 Å². The Hall–Kier alpha value is -5.35. The summed E-state index contributed by atoms with van der Waals surface area (Å²) >= 11 is 0. The number of anilines is 1. The van der Waals surface area contributed by atoms with Gasteiger partial charge in [-0.1, -0.05) is 48.5 Å². The van der Waals surface area contributed by atoms with Crippen molar-refractivity contribution in [1.82, 2.24) is 15.1 Å². The maximum Gasteiger partial charge on any atom is 0.255 e. The Morgan fingerprint density at radius 2 is 1.67 bits per heavy atom. The quantitative estimate of drug-likeness (QED) is 0.186. The summed E-state index contributed by atoms with van der Waals surface area (Å²) in [5, 5.41) is 12.4. The number of aromatic hydroxyl groups is 1. The Morgan fingerprint density at radius 1 is 0.863 bits per heavy atom. The number of nitrogens with one attached hydrogen (secondary N) is 1. The zero-order valence-corrected chi connectivity index (χ0v) is 28.5. The molecule has 3 atom stereocenters. The maximum atomic E-state index is 13.1. The van der Waals surface area contributed by atoms with Crippen LogP contribution in [0.1, 0.15) is 63.7 Å². The molecule has 4 aromatic carbocycles. The molecule has 0 spiro atoms. The minimum absolute atomic E-state index is 0.0938. The molecule has 4 heterocycles. The van der Waals surface area contributed by atoms with Crippen LogP contribution in [0.2, 0.25) is 0 Å². The van der Waals surface area contributed by atoms with Crippen molar-refractivity contribution in [2.24, 2.45) is 0 Å². The van der Waals surface area contributed by atoms with Gasteiger partial charge in [-0.05, 0) is 65.9 Å². The number of imide groups is 1. The number of nitrogens with zero attached hydrogens (tertiary/aromatic N) is 3. The Labute approximate surface area is 297 Å². The number of phenols is 1. The van der Waals surface area contributed by atoms with Gasteiger partial charge in [0.2, 0.25) is 11.8 Å². The van der Waals surface area contributed by atoms with Crippen molar-refractivity contribution in [1.29, 1.82) is 0 Å². The van der Waals surface area contributed by atoms with Gasteiger partial charge in [-0.25, -0.2) is 0 Å². The molecule has 10 nitrogen and oxygen atoms in total. The molecule has 4 aliphatic heterocycles. The van der Waals surface area contributed by atoms with Crippen LogP contribution in [0, 0.1) is 0 Å². The number of fused-ring (bicyclic) bond motifs is 2. The zero-order valence-electron chi connectivity index (χ0n) is 28.5. The van der Waals surface area contributed by atoms with Crippen molar-refractivity contribution in [3.8, 4) is 17.2 Å². The second-order valence-electron chi connectivity index (χ2n) is 13.9. The minimum Gasteiger partial charge on any atom is -0.508 e. The molecule has 8 rings (SSSR count). The largest absolute Gasteiger partial charge is 0.508 e. The number of benzene rings is 4. The topological polar surface area (TPSA) is 112 Å². The number of carbonyl (C=O) groups is 3. The summed E-state index contributed by atoms with van der Waals surface area (Å²) in [4.78, 5) is 43.5. The van der Waals surface area contributed by atoms with E-state index in [0.29, 0.717) is 31.7 Å². The van der Waals surface area contributed by atoms with E-state index in [0.717, 1.165) is 67.5 Å². The minimum atomic E-state index is -0.599. The summed E-state index contributed by atoms with van der Waals surface area (Å²) < 4.78 is 12.3. The van der Waals surface area contributed by atoms with E-state index in [4.69, 9.17) is 9.47 Å². The number of piperidine rings is 1. The summed E-state index contributed by atoms with van der Waals surface area (Å²) in [5.74, 6) is 1.23. The van der Waals surface area contributed by atoms with Gasteiger partial charge in [0.05, 0.1) is 13.2 Å². The van der Waals surface area contributed by atoms with Gasteiger partial charge >= 0.3 is 0 Å². The molecule has 0 saturated carbocycles.